The molecule has 4 N–H and O–H groups in total. The Morgan fingerprint density at radius 3 is 2.56 bits per heavy atom. The number of hydrogen-bond acceptors (Lipinski definition) is 3. The van der Waals surface area contributed by atoms with Crippen molar-refractivity contribution in [1.82, 2.24) is 5.32 Å². The predicted molar refractivity (Wildman–Crippen MR) is 37.9 cm³/mol. The summed E-state index contributed by atoms with van der Waals surface area (Å²) in [6.45, 7) is 4.49. The van der Waals surface area contributed by atoms with Gasteiger partial charge in [0.2, 0.25) is 0 Å². The van der Waals surface area contributed by atoms with Crippen LogP contribution in [0.15, 0.2) is 0 Å². The Labute approximate surface area is 56.2 Å². The van der Waals surface area contributed by atoms with Gasteiger partial charge in [0.25, 0.3) is 0 Å². The van der Waals surface area contributed by atoms with E-state index in [9.17, 15) is 0 Å². The molecule has 0 aliphatic rings. The summed E-state index contributed by atoms with van der Waals surface area (Å²) in [4.78, 5) is 0. The van der Waals surface area contributed by atoms with Crippen LogP contribution in [-0.4, -0.2) is 23.9 Å². The molecule has 0 heterocycles. The standard InChI is InChI=1S/C6H16N2O/c1-3-6(9)8-4-5(2)7/h5-6,8-9H,3-4,7H2,1-2H3. The Bertz CT molecular complexity index is 66.1. The van der Waals surface area contributed by atoms with Crippen LogP contribution in [0.2, 0.25) is 0 Å². The first-order valence-corrected chi connectivity index (χ1v) is 3.33. The van der Waals surface area contributed by atoms with E-state index in [-0.39, 0.29) is 6.04 Å². The minimum absolute atomic E-state index is 0.117. The highest BCUT2D eigenvalue weighted by Gasteiger charge is 1.98. The molecule has 2 atom stereocenters. The molecule has 56 valence electrons. The molecule has 0 aromatic rings. The molecule has 0 saturated heterocycles. The summed E-state index contributed by atoms with van der Waals surface area (Å²) in [5, 5.41) is 11.8. The third-order valence-electron chi connectivity index (χ3n) is 1.06. The molecular formula is C6H16N2O. The van der Waals surface area contributed by atoms with Crippen molar-refractivity contribution in [1.29, 1.82) is 0 Å². The first-order valence-electron chi connectivity index (χ1n) is 3.33. The molecule has 0 saturated carbocycles. The highest BCUT2D eigenvalue weighted by molar-refractivity contribution is 4.58. The molecule has 0 aromatic carbocycles. The van der Waals surface area contributed by atoms with E-state index < -0.39 is 6.23 Å². The van der Waals surface area contributed by atoms with Gasteiger partial charge in [0.15, 0.2) is 0 Å². The molecule has 0 rings (SSSR count). The van der Waals surface area contributed by atoms with E-state index in [1.54, 1.807) is 0 Å². The van der Waals surface area contributed by atoms with Crippen molar-refractivity contribution in [3.63, 3.8) is 0 Å². The summed E-state index contributed by atoms with van der Waals surface area (Å²) in [6.07, 6.45) is 0.336. The molecule has 0 fully saturated rings. The number of hydrogen-bond donors (Lipinski definition) is 3. The number of aliphatic hydroxyl groups is 1. The zero-order valence-electron chi connectivity index (χ0n) is 6.09. The van der Waals surface area contributed by atoms with E-state index in [1.165, 1.54) is 0 Å². The summed E-state index contributed by atoms with van der Waals surface area (Å²) in [5.74, 6) is 0. The average molecular weight is 132 g/mol. The topological polar surface area (TPSA) is 58.3 Å². The van der Waals surface area contributed by atoms with Crippen LogP contribution in [0, 0.1) is 0 Å². The molecule has 0 bridgehead atoms. The van der Waals surface area contributed by atoms with Gasteiger partial charge in [0.1, 0.15) is 6.23 Å². The first kappa shape index (κ1) is 8.88. The van der Waals surface area contributed by atoms with Crippen LogP contribution in [0.3, 0.4) is 0 Å². The minimum Gasteiger partial charge on any atom is -0.379 e. The van der Waals surface area contributed by atoms with Crippen molar-refractivity contribution in [2.75, 3.05) is 6.54 Å². The predicted octanol–water partition coefficient (Wildman–Crippen LogP) is -0.348. The van der Waals surface area contributed by atoms with Crippen molar-refractivity contribution in [2.45, 2.75) is 32.5 Å². The van der Waals surface area contributed by atoms with Gasteiger partial charge in [-0.25, -0.2) is 0 Å². The Kier molecular flexibility index (Phi) is 4.67. The monoisotopic (exact) mass is 132 g/mol. The van der Waals surface area contributed by atoms with E-state index in [0.717, 1.165) is 6.42 Å². The molecule has 0 aliphatic carbocycles. The van der Waals surface area contributed by atoms with Gasteiger partial charge in [-0.05, 0) is 13.3 Å². The SMILES string of the molecule is CCC(O)NCC(C)N. The van der Waals surface area contributed by atoms with Gasteiger partial charge in [0, 0.05) is 12.6 Å². The third-order valence-corrected chi connectivity index (χ3v) is 1.06. The van der Waals surface area contributed by atoms with Crippen molar-refractivity contribution < 1.29 is 5.11 Å². The van der Waals surface area contributed by atoms with Gasteiger partial charge in [-0.15, -0.1) is 0 Å². The Balaban J connectivity index is 3.06. The van der Waals surface area contributed by atoms with Crippen LogP contribution in [0.5, 0.6) is 0 Å². The molecule has 0 amide bonds. The van der Waals surface area contributed by atoms with E-state index in [4.69, 9.17) is 10.8 Å². The molecule has 0 spiro atoms. The van der Waals surface area contributed by atoms with E-state index >= 15 is 0 Å². The smallest absolute Gasteiger partial charge is 0.104 e. The van der Waals surface area contributed by atoms with Crippen molar-refractivity contribution in [3.8, 4) is 0 Å². The lowest BCUT2D eigenvalue weighted by molar-refractivity contribution is 0.132. The van der Waals surface area contributed by atoms with Crippen LogP contribution >= 0.6 is 0 Å². The van der Waals surface area contributed by atoms with Crippen molar-refractivity contribution in [3.05, 3.63) is 0 Å². The third kappa shape index (κ3) is 5.76. The zero-order valence-corrected chi connectivity index (χ0v) is 6.09. The normalized spacial score (nSPS) is 17.3. The number of aliphatic hydroxyl groups excluding tert-OH is 1. The average Bonchev–Trinajstić information content (AvgIpc) is 1.83. The van der Waals surface area contributed by atoms with Crippen LogP contribution < -0.4 is 11.1 Å². The summed E-state index contributed by atoms with van der Waals surface area (Å²) in [7, 11) is 0. The highest BCUT2D eigenvalue weighted by Crippen LogP contribution is 1.82. The summed E-state index contributed by atoms with van der Waals surface area (Å²) in [5.41, 5.74) is 5.42. The maximum atomic E-state index is 8.94. The first-order chi connectivity index (χ1) is 4.16. The van der Waals surface area contributed by atoms with Crippen LogP contribution in [0.1, 0.15) is 20.3 Å². The maximum absolute atomic E-state index is 8.94. The molecule has 9 heavy (non-hydrogen) atoms. The van der Waals surface area contributed by atoms with Gasteiger partial charge in [0.05, 0.1) is 0 Å². The summed E-state index contributed by atoms with van der Waals surface area (Å²) in [6, 6.07) is 0.117. The van der Waals surface area contributed by atoms with Crippen molar-refractivity contribution in [2.24, 2.45) is 5.73 Å². The molecule has 0 aliphatic heterocycles. The second kappa shape index (κ2) is 4.73. The van der Waals surface area contributed by atoms with E-state index in [0.29, 0.717) is 6.54 Å². The van der Waals surface area contributed by atoms with Gasteiger partial charge < -0.3 is 10.8 Å². The molecule has 3 nitrogen and oxygen atoms in total. The van der Waals surface area contributed by atoms with Gasteiger partial charge >= 0.3 is 0 Å². The van der Waals surface area contributed by atoms with Gasteiger partial charge in [-0.3, -0.25) is 5.32 Å². The Morgan fingerprint density at radius 1 is 1.67 bits per heavy atom. The molecule has 3 heteroatoms. The van der Waals surface area contributed by atoms with Gasteiger partial charge in [-0.1, -0.05) is 6.92 Å². The fourth-order valence-corrected chi connectivity index (χ4v) is 0.466. The lowest BCUT2D eigenvalue weighted by Gasteiger charge is -2.11. The molecule has 0 aromatic heterocycles. The fraction of sp³-hybridized carbons (Fsp3) is 1.00. The zero-order chi connectivity index (χ0) is 7.28. The molecule has 2 unspecified atom stereocenters. The Hall–Kier alpha value is -0.120. The number of nitrogens with one attached hydrogen (secondary N) is 1. The van der Waals surface area contributed by atoms with E-state index in [1.807, 2.05) is 13.8 Å². The second-order valence-electron chi connectivity index (χ2n) is 2.31. The minimum atomic E-state index is -0.393. The number of rotatable bonds is 4. The van der Waals surface area contributed by atoms with Gasteiger partial charge in [-0.2, -0.15) is 0 Å². The lowest BCUT2D eigenvalue weighted by atomic mass is 10.3. The van der Waals surface area contributed by atoms with Crippen LogP contribution in [0.4, 0.5) is 0 Å². The maximum Gasteiger partial charge on any atom is 0.104 e. The number of nitrogens with two attached hydrogens (primary N) is 1. The summed E-state index contributed by atoms with van der Waals surface area (Å²) < 4.78 is 0. The Morgan fingerprint density at radius 2 is 2.22 bits per heavy atom. The molecule has 0 radical (unpaired) electrons. The van der Waals surface area contributed by atoms with Crippen LogP contribution in [0.25, 0.3) is 0 Å². The van der Waals surface area contributed by atoms with Crippen molar-refractivity contribution >= 4 is 0 Å². The molecular weight excluding hydrogens is 116 g/mol. The fourth-order valence-electron chi connectivity index (χ4n) is 0.466. The highest BCUT2D eigenvalue weighted by atomic mass is 16.3. The van der Waals surface area contributed by atoms with Crippen LogP contribution in [-0.2, 0) is 0 Å². The summed E-state index contributed by atoms with van der Waals surface area (Å²) >= 11 is 0. The largest absolute Gasteiger partial charge is 0.379 e. The quantitative estimate of drug-likeness (QED) is 0.458. The van der Waals surface area contributed by atoms with E-state index in [2.05, 4.69) is 5.32 Å². The lowest BCUT2D eigenvalue weighted by Crippen LogP contribution is -2.37. The second-order valence-corrected chi connectivity index (χ2v) is 2.31.